The molecule has 0 radical (unpaired) electrons. The SMILES string of the molecule is N#Cc1ccc(CSc2nnc(-c3ccc(N)cc3)n2CCCN2CCOCC2)cc1. The zero-order valence-electron chi connectivity index (χ0n) is 17.4. The lowest BCUT2D eigenvalue weighted by atomic mass is 10.2. The summed E-state index contributed by atoms with van der Waals surface area (Å²) in [6.45, 7) is 5.49. The molecule has 3 aromatic rings. The van der Waals surface area contributed by atoms with Crippen LogP contribution < -0.4 is 5.73 Å². The molecule has 0 aliphatic carbocycles. The Morgan fingerprint density at radius 3 is 2.45 bits per heavy atom. The Morgan fingerprint density at radius 2 is 1.74 bits per heavy atom. The van der Waals surface area contributed by atoms with Crippen molar-refractivity contribution in [2.24, 2.45) is 0 Å². The molecule has 0 bridgehead atoms. The zero-order chi connectivity index (χ0) is 21.5. The number of ether oxygens (including phenoxy) is 1. The highest BCUT2D eigenvalue weighted by Gasteiger charge is 2.16. The topological polar surface area (TPSA) is 93.0 Å². The van der Waals surface area contributed by atoms with E-state index >= 15 is 0 Å². The smallest absolute Gasteiger partial charge is 0.191 e. The van der Waals surface area contributed by atoms with Crippen molar-refractivity contribution in [3.05, 3.63) is 59.7 Å². The van der Waals surface area contributed by atoms with Crippen molar-refractivity contribution < 1.29 is 4.74 Å². The van der Waals surface area contributed by atoms with Gasteiger partial charge in [0.25, 0.3) is 0 Å². The predicted octanol–water partition coefficient (Wildman–Crippen LogP) is 3.41. The first-order valence-corrected chi connectivity index (χ1v) is 11.4. The maximum Gasteiger partial charge on any atom is 0.191 e. The fraction of sp³-hybridized carbons (Fsp3) is 0.348. The Morgan fingerprint density at radius 1 is 1.00 bits per heavy atom. The van der Waals surface area contributed by atoms with Gasteiger partial charge in [-0.2, -0.15) is 5.26 Å². The summed E-state index contributed by atoms with van der Waals surface area (Å²) in [5.41, 5.74) is 9.43. The van der Waals surface area contributed by atoms with E-state index in [1.807, 2.05) is 48.5 Å². The monoisotopic (exact) mass is 434 g/mol. The van der Waals surface area contributed by atoms with Crippen LogP contribution >= 0.6 is 11.8 Å². The number of rotatable bonds is 8. The van der Waals surface area contributed by atoms with Gasteiger partial charge in [-0.1, -0.05) is 23.9 Å². The number of aromatic nitrogens is 3. The number of nitrogen functional groups attached to an aromatic ring is 1. The molecule has 1 aliphatic heterocycles. The summed E-state index contributed by atoms with van der Waals surface area (Å²) in [6, 6.07) is 17.6. The molecule has 2 aromatic carbocycles. The van der Waals surface area contributed by atoms with Crippen molar-refractivity contribution in [3.8, 4) is 17.5 Å². The highest BCUT2D eigenvalue weighted by Crippen LogP contribution is 2.27. The van der Waals surface area contributed by atoms with E-state index in [4.69, 9.17) is 15.7 Å². The van der Waals surface area contributed by atoms with E-state index in [0.717, 1.165) is 79.4 Å². The largest absolute Gasteiger partial charge is 0.399 e. The first-order valence-electron chi connectivity index (χ1n) is 10.4. The molecule has 0 atom stereocenters. The lowest BCUT2D eigenvalue weighted by Crippen LogP contribution is -2.37. The van der Waals surface area contributed by atoms with Gasteiger partial charge < -0.3 is 15.0 Å². The lowest BCUT2D eigenvalue weighted by molar-refractivity contribution is 0.0369. The average molecular weight is 435 g/mol. The molecule has 4 rings (SSSR count). The van der Waals surface area contributed by atoms with Gasteiger partial charge in [0.1, 0.15) is 0 Å². The Balaban J connectivity index is 1.49. The number of morpholine rings is 1. The van der Waals surface area contributed by atoms with Gasteiger partial charge in [-0.05, 0) is 48.4 Å². The van der Waals surface area contributed by atoms with E-state index in [-0.39, 0.29) is 0 Å². The first-order chi connectivity index (χ1) is 15.2. The van der Waals surface area contributed by atoms with Crippen molar-refractivity contribution in [2.45, 2.75) is 23.9 Å². The fourth-order valence-electron chi connectivity index (χ4n) is 3.54. The van der Waals surface area contributed by atoms with Crippen LogP contribution in [0.25, 0.3) is 11.4 Å². The average Bonchev–Trinajstić information content (AvgIpc) is 3.22. The third-order valence-electron chi connectivity index (χ3n) is 5.30. The van der Waals surface area contributed by atoms with Crippen molar-refractivity contribution in [1.29, 1.82) is 5.26 Å². The molecule has 0 spiro atoms. The highest BCUT2D eigenvalue weighted by molar-refractivity contribution is 7.98. The molecule has 2 N–H and O–H groups in total. The van der Waals surface area contributed by atoms with Gasteiger partial charge in [0.05, 0.1) is 24.8 Å². The Kier molecular flexibility index (Phi) is 7.20. The van der Waals surface area contributed by atoms with E-state index in [0.29, 0.717) is 5.56 Å². The maximum atomic E-state index is 8.98. The molecule has 0 unspecified atom stereocenters. The second-order valence-corrected chi connectivity index (χ2v) is 8.43. The molecule has 1 fully saturated rings. The van der Waals surface area contributed by atoms with Gasteiger partial charge in [-0.15, -0.1) is 10.2 Å². The van der Waals surface area contributed by atoms with Gasteiger partial charge >= 0.3 is 0 Å². The summed E-state index contributed by atoms with van der Waals surface area (Å²) in [6.07, 6.45) is 1.02. The van der Waals surface area contributed by atoms with Gasteiger partial charge in [-0.3, -0.25) is 4.90 Å². The van der Waals surface area contributed by atoms with Gasteiger partial charge in [0.15, 0.2) is 11.0 Å². The van der Waals surface area contributed by atoms with Crippen LogP contribution in [0.15, 0.2) is 53.7 Å². The Hall–Kier alpha value is -2.86. The summed E-state index contributed by atoms with van der Waals surface area (Å²) >= 11 is 1.67. The lowest BCUT2D eigenvalue weighted by Gasteiger charge is -2.26. The van der Waals surface area contributed by atoms with Gasteiger partial charge in [0.2, 0.25) is 0 Å². The molecule has 1 aliphatic rings. The van der Waals surface area contributed by atoms with Crippen molar-refractivity contribution in [3.63, 3.8) is 0 Å². The molecule has 8 heteroatoms. The number of benzene rings is 2. The summed E-state index contributed by atoms with van der Waals surface area (Å²) in [5.74, 6) is 1.64. The third kappa shape index (κ3) is 5.64. The zero-order valence-corrected chi connectivity index (χ0v) is 18.2. The Labute approximate surface area is 186 Å². The summed E-state index contributed by atoms with van der Waals surface area (Å²) < 4.78 is 7.66. The van der Waals surface area contributed by atoms with Gasteiger partial charge in [-0.25, -0.2) is 0 Å². The van der Waals surface area contributed by atoms with Crippen LogP contribution in [0.2, 0.25) is 0 Å². The molecular weight excluding hydrogens is 408 g/mol. The molecule has 31 heavy (non-hydrogen) atoms. The van der Waals surface area contributed by atoms with Gasteiger partial charge in [0, 0.05) is 43.2 Å². The van der Waals surface area contributed by atoms with E-state index in [1.165, 1.54) is 0 Å². The maximum absolute atomic E-state index is 8.98. The normalized spacial score (nSPS) is 14.4. The predicted molar refractivity (Wildman–Crippen MR) is 122 cm³/mol. The van der Waals surface area contributed by atoms with Crippen molar-refractivity contribution in [2.75, 3.05) is 38.6 Å². The first kappa shape index (κ1) is 21.4. The third-order valence-corrected chi connectivity index (χ3v) is 6.33. The van der Waals surface area contributed by atoms with Crippen LogP contribution in [0.3, 0.4) is 0 Å². The van der Waals surface area contributed by atoms with Crippen LogP contribution in [-0.2, 0) is 17.0 Å². The number of hydrogen-bond acceptors (Lipinski definition) is 7. The quantitative estimate of drug-likeness (QED) is 0.429. The second kappa shape index (κ2) is 10.4. The number of anilines is 1. The highest BCUT2D eigenvalue weighted by atomic mass is 32.2. The van der Waals surface area contributed by atoms with Crippen LogP contribution in [0, 0.1) is 11.3 Å². The van der Waals surface area contributed by atoms with E-state index in [1.54, 1.807) is 11.8 Å². The molecule has 1 saturated heterocycles. The number of nitrogens with two attached hydrogens (primary N) is 1. The van der Waals surface area contributed by atoms with Crippen LogP contribution in [0.1, 0.15) is 17.5 Å². The summed E-state index contributed by atoms with van der Waals surface area (Å²) in [4.78, 5) is 2.44. The summed E-state index contributed by atoms with van der Waals surface area (Å²) in [7, 11) is 0. The fourth-order valence-corrected chi connectivity index (χ4v) is 4.46. The molecule has 0 amide bonds. The standard InChI is InChI=1S/C23H26N6OS/c24-16-18-2-4-19(5-3-18)17-31-23-27-26-22(20-6-8-21(25)9-7-20)29(23)11-1-10-28-12-14-30-15-13-28/h2-9H,1,10-15,17,25H2. The molecule has 7 nitrogen and oxygen atoms in total. The van der Waals surface area contributed by atoms with E-state index in [9.17, 15) is 0 Å². The van der Waals surface area contributed by atoms with Crippen LogP contribution in [0.4, 0.5) is 5.69 Å². The van der Waals surface area contributed by atoms with E-state index in [2.05, 4.69) is 25.7 Å². The minimum Gasteiger partial charge on any atom is -0.399 e. The number of thioether (sulfide) groups is 1. The molecule has 160 valence electrons. The molecule has 2 heterocycles. The minimum atomic E-state index is 0.672. The minimum absolute atomic E-state index is 0.672. The van der Waals surface area contributed by atoms with Crippen LogP contribution in [0.5, 0.6) is 0 Å². The number of nitrogens with zero attached hydrogens (tertiary/aromatic N) is 5. The Bertz CT molecular complexity index is 1020. The summed E-state index contributed by atoms with van der Waals surface area (Å²) in [5, 5.41) is 18.9. The number of hydrogen-bond donors (Lipinski definition) is 1. The molecule has 1 aromatic heterocycles. The molecule has 0 saturated carbocycles. The van der Waals surface area contributed by atoms with E-state index < -0.39 is 0 Å². The number of nitriles is 1. The molecular formula is C23H26N6OS. The van der Waals surface area contributed by atoms with Crippen molar-refractivity contribution in [1.82, 2.24) is 19.7 Å². The van der Waals surface area contributed by atoms with Crippen LogP contribution in [-0.4, -0.2) is 52.5 Å². The second-order valence-electron chi connectivity index (χ2n) is 7.48. The van der Waals surface area contributed by atoms with Crippen molar-refractivity contribution >= 4 is 17.4 Å².